The van der Waals surface area contributed by atoms with Crippen molar-refractivity contribution in [2.24, 2.45) is 17.0 Å². The lowest BCUT2D eigenvalue weighted by atomic mass is 10.1. The average molecular weight is 716 g/mol. The van der Waals surface area contributed by atoms with E-state index in [-0.39, 0.29) is 45.5 Å². The lowest BCUT2D eigenvalue weighted by molar-refractivity contribution is 0.106. The minimum Gasteiger partial charge on any atom is -0.340 e. The number of thiophene rings is 4. The molecule has 2 aromatic carbocycles. The van der Waals surface area contributed by atoms with Crippen LogP contribution in [0.15, 0.2) is 82.0 Å². The molecule has 5 heterocycles. The number of ketones is 2. The Labute approximate surface area is 298 Å². The number of nitrogens with zero attached hydrogens (tertiary/aromatic N) is 7. The Balaban J connectivity index is 1.17. The molecule has 232 valence electrons. The van der Waals surface area contributed by atoms with Gasteiger partial charge in [-0.25, -0.2) is 30.2 Å². The van der Waals surface area contributed by atoms with Crippen LogP contribution in [0.2, 0.25) is 0 Å². The monoisotopic (exact) mass is 715 g/mol. The van der Waals surface area contributed by atoms with E-state index in [2.05, 4.69) is 14.3 Å². The first-order valence-electron chi connectivity index (χ1n) is 14.7. The number of carbonyl (C=O) groups excluding carboxylic acids is 2. The van der Waals surface area contributed by atoms with Crippen LogP contribution in [-0.2, 0) is 7.05 Å². The predicted octanol–water partition coefficient (Wildman–Crippen LogP) is 10.1. The van der Waals surface area contributed by atoms with Gasteiger partial charge in [0.15, 0.2) is 0 Å². The lowest BCUT2D eigenvalue weighted by Gasteiger charge is -2.00. The van der Waals surface area contributed by atoms with E-state index in [1.807, 2.05) is 31.3 Å². The molecule has 50 heavy (non-hydrogen) atoms. The summed E-state index contributed by atoms with van der Waals surface area (Å²) in [5, 5.41) is 20.6. The highest BCUT2D eigenvalue weighted by Gasteiger charge is 2.35. The van der Waals surface area contributed by atoms with Crippen molar-refractivity contribution in [2.75, 3.05) is 0 Å². The van der Waals surface area contributed by atoms with Crippen LogP contribution in [0, 0.1) is 35.8 Å². The van der Waals surface area contributed by atoms with Crippen LogP contribution in [0.1, 0.15) is 31.8 Å². The van der Waals surface area contributed by atoms with E-state index >= 15 is 0 Å². The molecule has 0 amide bonds. The molecule has 0 N–H and O–H groups in total. The number of aromatic nitrogens is 1. The van der Waals surface area contributed by atoms with Crippen molar-refractivity contribution in [3.05, 3.63) is 117 Å². The van der Waals surface area contributed by atoms with Gasteiger partial charge in [-0.1, -0.05) is 48.5 Å². The van der Waals surface area contributed by atoms with Crippen molar-refractivity contribution in [1.29, 1.82) is 10.5 Å². The standard InChI is InChI=1S/C37H13N7O2S4/c1-40-20(14-38)26-16-8-4-6-10-18(16)32(45)28(26)42-24-12-22-34(49-24)30-36(47-22)37-31(44(30)3)35-23(48-37)13-25(50-35)43-29-27(21(15-39)41-2)17-9-5-7-11-19(17)33(29)46/h4-13H,3H3/b26-20+,27-21?,42-28?,43-29?. The molecule has 9 rings (SSSR count). The number of carbonyl (C=O) groups is 2. The maximum atomic E-state index is 13.4. The number of hydrogen-bond acceptors (Lipinski definition) is 10. The quantitative estimate of drug-likeness (QED) is 0.131. The van der Waals surface area contributed by atoms with Gasteiger partial charge in [0, 0.05) is 29.3 Å². The minimum atomic E-state index is -0.309. The van der Waals surface area contributed by atoms with Crippen LogP contribution in [0.5, 0.6) is 0 Å². The Morgan fingerprint density at radius 3 is 1.44 bits per heavy atom. The van der Waals surface area contributed by atoms with Gasteiger partial charge in [-0.2, -0.15) is 0 Å². The summed E-state index contributed by atoms with van der Waals surface area (Å²) in [6.45, 7) is 15.1. The Morgan fingerprint density at radius 2 is 1.06 bits per heavy atom. The molecule has 0 fully saturated rings. The molecule has 0 radical (unpaired) electrons. The van der Waals surface area contributed by atoms with Crippen molar-refractivity contribution in [1.82, 2.24) is 4.57 Å². The molecule has 5 aromatic heterocycles. The van der Waals surface area contributed by atoms with Crippen molar-refractivity contribution < 1.29 is 9.59 Å². The third kappa shape index (κ3) is 3.98. The summed E-state index contributed by atoms with van der Waals surface area (Å²) in [4.78, 5) is 43.1. The molecule has 0 spiro atoms. The SMILES string of the molecule is [C-]#[N+]C(C#N)=C1C(=Nc2cc3sc4c5sc6cc(N=C7C(=O)c8ccccc8/C7=C(/C#N)[N+]#[C-])sc6c5n(C)c4c3s2)C(=O)c2ccccc21. The Hall–Kier alpha value is -6.32. The van der Waals surface area contributed by atoms with Gasteiger partial charge in [0.2, 0.25) is 11.6 Å². The van der Waals surface area contributed by atoms with E-state index in [0.29, 0.717) is 32.3 Å². The molecular weight excluding hydrogens is 703 g/mol. The zero-order valence-corrected chi connectivity index (χ0v) is 28.6. The Bertz CT molecular complexity index is 2850. The molecule has 0 atom stereocenters. The van der Waals surface area contributed by atoms with Gasteiger partial charge in [0.25, 0.3) is 11.4 Å². The minimum absolute atomic E-state index is 0.103. The molecule has 0 aliphatic heterocycles. The molecule has 0 saturated carbocycles. The van der Waals surface area contributed by atoms with Gasteiger partial charge >= 0.3 is 0 Å². The van der Waals surface area contributed by atoms with Crippen LogP contribution in [0.4, 0.5) is 10.0 Å². The fourth-order valence-electron chi connectivity index (χ4n) is 6.59. The number of benzene rings is 2. The topological polar surface area (TPSA) is 120 Å². The number of nitriles is 2. The Kier molecular flexibility index (Phi) is 6.46. The molecule has 13 heteroatoms. The van der Waals surface area contributed by atoms with Crippen LogP contribution < -0.4 is 0 Å². The summed E-state index contributed by atoms with van der Waals surface area (Å²) in [7, 11) is 2.01. The molecule has 2 aliphatic rings. The predicted molar refractivity (Wildman–Crippen MR) is 201 cm³/mol. The number of Topliss-reactive ketones (excluding diaryl/α,β-unsaturated/α-hetero) is 2. The molecule has 0 unspecified atom stereocenters. The normalized spacial score (nSPS) is 17.5. The van der Waals surface area contributed by atoms with Crippen molar-refractivity contribution in [3.8, 4) is 12.1 Å². The summed E-state index contributed by atoms with van der Waals surface area (Å²) in [6, 6.07) is 21.7. The second kappa shape index (κ2) is 10.8. The van der Waals surface area contributed by atoms with Gasteiger partial charge < -0.3 is 4.57 Å². The summed E-state index contributed by atoms with van der Waals surface area (Å²) in [5.74, 6) is -0.618. The zero-order valence-electron chi connectivity index (χ0n) is 25.4. The first kappa shape index (κ1) is 29.8. The number of fused-ring (bicyclic) bond motifs is 9. The molecule has 2 aliphatic carbocycles. The fourth-order valence-corrected chi connectivity index (χ4v) is 11.9. The van der Waals surface area contributed by atoms with Gasteiger partial charge in [0.05, 0.1) is 64.5 Å². The number of rotatable bonds is 2. The highest BCUT2D eigenvalue weighted by atomic mass is 32.1. The first-order chi connectivity index (χ1) is 24.4. The highest BCUT2D eigenvalue weighted by Crippen LogP contribution is 2.52. The summed E-state index contributed by atoms with van der Waals surface area (Å²) >= 11 is 6.20. The number of allylic oxidation sites excluding steroid dienone is 4. The highest BCUT2D eigenvalue weighted by molar-refractivity contribution is 7.39. The number of aryl methyl sites for hydroxylation is 1. The van der Waals surface area contributed by atoms with E-state index in [1.54, 1.807) is 71.2 Å². The van der Waals surface area contributed by atoms with E-state index in [0.717, 1.165) is 39.2 Å². The third-order valence-corrected chi connectivity index (χ3v) is 13.4. The fraction of sp³-hybridized carbons (Fsp3) is 0.0270. The number of hydrogen-bond donors (Lipinski definition) is 0. The summed E-state index contributed by atoms with van der Waals surface area (Å²) in [6.07, 6.45) is 0. The zero-order chi connectivity index (χ0) is 34.4. The van der Waals surface area contributed by atoms with Gasteiger partial charge in [-0.05, 0) is 23.3 Å². The first-order valence-corrected chi connectivity index (χ1v) is 18.0. The van der Waals surface area contributed by atoms with Crippen molar-refractivity contribution in [3.63, 3.8) is 0 Å². The van der Waals surface area contributed by atoms with Crippen LogP contribution in [-0.4, -0.2) is 27.6 Å². The van der Waals surface area contributed by atoms with Crippen LogP contribution >= 0.6 is 45.3 Å². The third-order valence-electron chi connectivity index (χ3n) is 8.67. The van der Waals surface area contributed by atoms with E-state index in [9.17, 15) is 20.1 Å². The second-order valence-electron chi connectivity index (χ2n) is 11.2. The number of aliphatic imine (C=N–C) groups is 2. The van der Waals surface area contributed by atoms with Gasteiger partial charge in [0.1, 0.15) is 21.4 Å². The van der Waals surface area contributed by atoms with Gasteiger partial charge in [-0.15, -0.1) is 45.3 Å². The molecule has 0 bridgehead atoms. The summed E-state index contributed by atoms with van der Waals surface area (Å²) in [5.41, 5.74) is 4.45. The van der Waals surface area contributed by atoms with Gasteiger partial charge in [-0.3, -0.25) is 9.59 Å². The molecular formula is C37H13N7O2S4. The van der Waals surface area contributed by atoms with Crippen molar-refractivity contribution in [2.45, 2.75) is 0 Å². The second-order valence-corrected chi connectivity index (χ2v) is 15.4. The van der Waals surface area contributed by atoms with Crippen molar-refractivity contribution >= 4 is 129 Å². The molecule has 9 nitrogen and oxygen atoms in total. The molecule has 0 saturated heterocycles. The summed E-state index contributed by atoms with van der Waals surface area (Å²) < 4.78 is 8.51. The van der Waals surface area contributed by atoms with Crippen LogP contribution in [0.25, 0.3) is 60.1 Å². The smallest absolute Gasteiger partial charge is 0.271 e. The molecule has 7 aromatic rings. The lowest BCUT2D eigenvalue weighted by Crippen LogP contribution is -2.07. The largest absolute Gasteiger partial charge is 0.340 e. The maximum absolute atomic E-state index is 13.4. The Morgan fingerprint density at radius 1 is 0.660 bits per heavy atom. The van der Waals surface area contributed by atoms with E-state index < -0.39 is 0 Å². The van der Waals surface area contributed by atoms with E-state index in [1.165, 1.54) is 22.7 Å². The average Bonchev–Trinajstić information content (AvgIpc) is 3.97. The maximum Gasteiger partial charge on any atom is 0.271 e. The van der Waals surface area contributed by atoms with Crippen LogP contribution in [0.3, 0.4) is 0 Å². The van der Waals surface area contributed by atoms with E-state index in [4.69, 9.17) is 23.1 Å².